The molecule has 0 amide bonds. The Morgan fingerprint density at radius 3 is 2.50 bits per heavy atom. The number of benzene rings is 1. The SMILES string of the molecule is Cc1cc(F)c(-c2c(N)cnn2C)cc1F. The lowest BCUT2D eigenvalue weighted by Gasteiger charge is -2.07. The molecule has 5 heteroatoms. The standard InChI is InChI=1S/C11H11F2N3/c1-6-3-9(13)7(4-8(6)12)11-10(14)5-15-16(11)2/h3-5H,14H2,1-2H3. The van der Waals surface area contributed by atoms with Crippen molar-refractivity contribution in [1.29, 1.82) is 0 Å². The molecule has 3 nitrogen and oxygen atoms in total. The first-order valence-electron chi connectivity index (χ1n) is 4.74. The molecule has 84 valence electrons. The molecule has 1 heterocycles. The molecule has 1 aromatic heterocycles. The van der Waals surface area contributed by atoms with Gasteiger partial charge in [-0.2, -0.15) is 5.10 Å². The third kappa shape index (κ3) is 1.54. The van der Waals surface area contributed by atoms with Crippen LogP contribution in [0.5, 0.6) is 0 Å². The molecule has 0 radical (unpaired) electrons. The summed E-state index contributed by atoms with van der Waals surface area (Å²) in [6.45, 7) is 1.51. The Morgan fingerprint density at radius 2 is 1.94 bits per heavy atom. The van der Waals surface area contributed by atoms with Gasteiger partial charge in [-0.1, -0.05) is 0 Å². The molecule has 0 saturated carbocycles. The molecule has 0 atom stereocenters. The Morgan fingerprint density at radius 1 is 1.25 bits per heavy atom. The van der Waals surface area contributed by atoms with E-state index < -0.39 is 11.6 Å². The molecular formula is C11H11F2N3. The predicted octanol–water partition coefficient (Wildman–Crippen LogP) is 2.26. The van der Waals surface area contributed by atoms with Gasteiger partial charge in [0.05, 0.1) is 17.6 Å². The molecule has 16 heavy (non-hydrogen) atoms. The Kier molecular flexibility index (Phi) is 2.38. The van der Waals surface area contributed by atoms with Gasteiger partial charge in [0, 0.05) is 12.6 Å². The van der Waals surface area contributed by atoms with Crippen molar-refractivity contribution < 1.29 is 8.78 Å². The maximum atomic E-state index is 13.7. The van der Waals surface area contributed by atoms with Crippen LogP contribution >= 0.6 is 0 Å². The van der Waals surface area contributed by atoms with Crippen LogP contribution in [-0.4, -0.2) is 9.78 Å². The number of nitrogen functional groups attached to an aromatic ring is 1. The summed E-state index contributed by atoms with van der Waals surface area (Å²) >= 11 is 0. The quantitative estimate of drug-likeness (QED) is 0.805. The van der Waals surface area contributed by atoms with Gasteiger partial charge >= 0.3 is 0 Å². The molecule has 0 unspecified atom stereocenters. The minimum Gasteiger partial charge on any atom is -0.396 e. The van der Waals surface area contributed by atoms with Gasteiger partial charge in [-0.3, -0.25) is 4.68 Å². The van der Waals surface area contributed by atoms with Crippen LogP contribution < -0.4 is 5.73 Å². The van der Waals surface area contributed by atoms with Crippen LogP contribution in [0.15, 0.2) is 18.3 Å². The number of nitrogens with zero attached hydrogens (tertiary/aromatic N) is 2. The van der Waals surface area contributed by atoms with Gasteiger partial charge < -0.3 is 5.73 Å². The molecular weight excluding hydrogens is 212 g/mol. The average Bonchev–Trinajstić information content (AvgIpc) is 2.53. The lowest BCUT2D eigenvalue weighted by atomic mass is 10.1. The highest BCUT2D eigenvalue weighted by Gasteiger charge is 2.15. The number of rotatable bonds is 1. The van der Waals surface area contributed by atoms with Crippen LogP contribution in [0, 0.1) is 18.6 Å². The van der Waals surface area contributed by atoms with Crippen LogP contribution in [0.25, 0.3) is 11.3 Å². The van der Waals surface area contributed by atoms with Crippen LogP contribution in [0.3, 0.4) is 0 Å². The minimum absolute atomic E-state index is 0.126. The summed E-state index contributed by atoms with van der Waals surface area (Å²) in [5, 5.41) is 3.89. The topological polar surface area (TPSA) is 43.8 Å². The summed E-state index contributed by atoms with van der Waals surface area (Å²) in [4.78, 5) is 0. The summed E-state index contributed by atoms with van der Waals surface area (Å²) in [5.74, 6) is -0.966. The van der Waals surface area contributed by atoms with Crippen LogP contribution in [-0.2, 0) is 7.05 Å². The van der Waals surface area contributed by atoms with Crippen LogP contribution in [0.2, 0.25) is 0 Å². The van der Waals surface area contributed by atoms with E-state index in [0.717, 1.165) is 12.1 Å². The predicted molar refractivity (Wildman–Crippen MR) is 57.7 cm³/mol. The molecule has 0 aliphatic heterocycles. The lowest BCUT2D eigenvalue weighted by Crippen LogP contribution is -1.99. The normalized spacial score (nSPS) is 10.8. The van der Waals surface area contributed by atoms with Gasteiger partial charge in [-0.15, -0.1) is 0 Å². The zero-order valence-electron chi connectivity index (χ0n) is 8.96. The van der Waals surface area contributed by atoms with E-state index in [1.54, 1.807) is 7.05 Å². The van der Waals surface area contributed by atoms with E-state index in [1.165, 1.54) is 17.8 Å². The Bertz CT molecular complexity index is 527. The van der Waals surface area contributed by atoms with Crippen molar-refractivity contribution >= 4 is 5.69 Å². The van der Waals surface area contributed by atoms with Gasteiger partial charge in [0.15, 0.2) is 0 Å². The zero-order chi connectivity index (χ0) is 11.9. The van der Waals surface area contributed by atoms with Gasteiger partial charge in [0.2, 0.25) is 0 Å². The first-order chi connectivity index (χ1) is 7.50. The summed E-state index contributed by atoms with van der Waals surface area (Å²) in [7, 11) is 1.63. The highest BCUT2D eigenvalue weighted by molar-refractivity contribution is 5.73. The molecule has 1 aromatic carbocycles. The number of anilines is 1. The number of nitrogens with two attached hydrogens (primary N) is 1. The maximum absolute atomic E-state index is 13.7. The van der Waals surface area contributed by atoms with E-state index >= 15 is 0 Å². The maximum Gasteiger partial charge on any atom is 0.133 e. The number of aromatic nitrogens is 2. The highest BCUT2D eigenvalue weighted by Crippen LogP contribution is 2.29. The van der Waals surface area contributed by atoms with Crippen molar-refractivity contribution in [2.75, 3.05) is 5.73 Å². The van der Waals surface area contributed by atoms with E-state index in [0.29, 0.717) is 11.4 Å². The highest BCUT2D eigenvalue weighted by atomic mass is 19.1. The number of aryl methyl sites for hydroxylation is 2. The number of hydrogen-bond acceptors (Lipinski definition) is 2. The second kappa shape index (κ2) is 3.59. The molecule has 2 N–H and O–H groups in total. The van der Waals surface area contributed by atoms with E-state index in [2.05, 4.69) is 5.10 Å². The van der Waals surface area contributed by atoms with E-state index in [-0.39, 0.29) is 11.1 Å². The molecule has 2 aromatic rings. The van der Waals surface area contributed by atoms with Crippen LogP contribution in [0.1, 0.15) is 5.56 Å². The fourth-order valence-corrected chi connectivity index (χ4v) is 1.61. The van der Waals surface area contributed by atoms with Crippen molar-refractivity contribution in [1.82, 2.24) is 9.78 Å². The second-order valence-electron chi connectivity index (χ2n) is 3.65. The van der Waals surface area contributed by atoms with E-state index in [1.807, 2.05) is 0 Å². The first-order valence-corrected chi connectivity index (χ1v) is 4.74. The minimum atomic E-state index is -0.505. The van der Waals surface area contributed by atoms with E-state index in [9.17, 15) is 8.78 Å². The van der Waals surface area contributed by atoms with Crippen molar-refractivity contribution in [2.24, 2.45) is 7.05 Å². The van der Waals surface area contributed by atoms with Gasteiger partial charge in [-0.05, 0) is 24.6 Å². The fraction of sp³-hybridized carbons (Fsp3) is 0.182. The summed E-state index contributed by atoms with van der Waals surface area (Å²) < 4.78 is 28.5. The largest absolute Gasteiger partial charge is 0.396 e. The molecule has 2 rings (SSSR count). The molecule has 0 aliphatic rings. The zero-order valence-corrected chi connectivity index (χ0v) is 8.96. The monoisotopic (exact) mass is 223 g/mol. The number of halogens is 2. The second-order valence-corrected chi connectivity index (χ2v) is 3.65. The van der Waals surface area contributed by atoms with Gasteiger partial charge in [0.1, 0.15) is 11.6 Å². The van der Waals surface area contributed by atoms with Crippen LogP contribution in [0.4, 0.5) is 14.5 Å². The Balaban J connectivity index is 2.69. The third-order valence-corrected chi connectivity index (χ3v) is 2.47. The number of hydrogen-bond donors (Lipinski definition) is 1. The summed E-state index contributed by atoms with van der Waals surface area (Å²) in [5.41, 5.74) is 6.76. The van der Waals surface area contributed by atoms with Gasteiger partial charge in [-0.25, -0.2) is 8.78 Å². The van der Waals surface area contributed by atoms with Gasteiger partial charge in [0.25, 0.3) is 0 Å². The first kappa shape index (κ1) is 10.6. The Labute approximate surface area is 91.5 Å². The van der Waals surface area contributed by atoms with E-state index in [4.69, 9.17) is 5.73 Å². The third-order valence-electron chi connectivity index (χ3n) is 2.47. The summed E-state index contributed by atoms with van der Waals surface area (Å²) in [6, 6.07) is 2.29. The average molecular weight is 223 g/mol. The fourth-order valence-electron chi connectivity index (χ4n) is 1.61. The molecule has 0 aliphatic carbocycles. The van der Waals surface area contributed by atoms with Crippen molar-refractivity contribution in [2.45, 2.75) is 6.92 Å². The Hall–Kier alpha value is -1.91. The molecule has 0 spiro atoms. The molecule has 0 fully saturated rings. The van der Waals surface area contributed by atoms with Crippen molar-refractivity contribution in [3.8, 4) is 11.3 Å². The van der Waals surface area contributed by atoms with Crippen molar-refractivity contribution in [3.63, 3.8) is 0 Å². The van der Waals surface area contributed by atoms with Crippen molar-refractivity contribution in [3.05, 3.63) is 35.5 Å². The smallest absolute Gasteiger partial charge is 0.133 e. The lowest BCUT2D eigenvalue weighted by molar-refractivity contribution is 0.593. The summed E-state index contributed by atoms with van der Waals surface area (Å²) in [6.07, 6.45) is 1.41. The molecule has 0 bridgehead atoms. The molecule has 0 saturated heterocycles.